The molecule has 0 aliphatic heterocycles. The van der Waals surface area contributed by atoms with E-state index in [1.54, 1.807) is 14.2 Å². The number of fused-ring (bicyclic) bond motifs is 1. The van der Waals surface area contributed by atoms with Crippen LogP contribution in [0.1, 0.15) is 30.5 Å². The van der Waals surface area contributed by atoms with Crippen LogP contribution in [0, 0.1) is 0 Å². The van der Waals surface area contributed by atoms with Crippen molar-refractivity contribution in [3.63, 3.8) is 0 Å². The van der Waals surface area contributed by atoms with Gasteiger partial charge in [-0.2, -0.15) is 0 Å². The van der Waals surface area contributed by atoms with Crippen LogP contribution >= 0.6 is 22.7 Å². The molecule has 0 fully saturated rings. The Bertz CT molecular complexity index is 1190. The molecule has 0 spiro atoms. The number of aromatic nitrogens is 4. The zero-order valence-electron chi connectivity index (χ0n) is 17.0. The van der Waals surface area contributed by atoms with Crippen molar-refractivity contribution in [2.75, 3.05) is 19.5 Å². The SMILES string of the molecule is COc1ccc(OC)c(-c2cn3c(CC(=O)Nc4nnc(C(C)C)s4)csc3n2)c1. The van der Waals surface area contributed by atoms with Gasteiger partial charge in [0, 0.05) is 28.8 Å². The van der Waals surface area contributed by atoms with Crippen molar-refractivity contribution >= 4 is 38.7 Å². The van der Waals surface area contributed by atoms with Gasteiger partial charge in [-0.15, -0.1) is 21.5 Å². The van der Waals surface area contributed by atoms with Crippen LogP contribution in [0.5, 0.6) is 11.5 Å². The predicted molar refractivity (Wildman–Crippen MR) is 118 cm³/mol. The predicted octanol–water partition coefficient (Wildman–Crippen LogP) is 4.24. The lowest BCUT2D eigenvalue weighted by atomic mass is 10.1. The first kappa shape index (κ1) is 20.3. The Morgan fingerprint density at radius 3 is 2.77 bits per heavy atom. The molecule has 0 unspecified atom stereocenters. The summed E-state index contributed by atoms with van der Waals surface area (Å²) in [5.41, 5.74) is 2.44. The topological polar surface area (TPSA) is 90.6 Å². The van der Waals surface area contributed by atoms with E-state index in [0.29, 0.717) is 10.9 Å². The second kappa shape index (κ2) is 8.41. The molecule has 4 aromatic rings. The first-order valence-corrected chi connectivity index (χ1v) is 11.0. The van der Waals surface area contributed by atoms with Crippen LogP contribution in [-0.4, -0.2) is 39.7 Å². The lowest BCUT2D eigenvalue weighted by Crippen LogP contribution is -2.15. The smallest absolute Gasteiger partial charge is 0.232 e. The van der Waals surface area contributed by atoms with E-state index < -0.39 is 0 Å². The van der Waals surface area contributed by atoms with Crippen LogP contribution < -0.4 is 14.8 Å². The van der Waals surface area contributed by atoms with Gasteiger partial charge >= 0.3 is 0 Å². The highest BCUT2D eigenvalue weighted by Gasteiger charge is 2.17. The standard InChI is InChI=1S/C20H21N5O3S2/c1-11(2)18-23-24-19(30-18)22-17(26)7-12-10-29-20-21-15(9-25(12)20)14-8-13(27-3)5-6-16(14)28-4/h5-6,8-11H,7H2,1-4H3,(H,22,24,26). The van der Waals surface area contributed by atoms with E-state index in [1.807, 2.05) is 48.0 Å². The molecule has 1 aromatic carbocycles. The minimum absolute atomic E-state index is 0.143. The number of nitrogens with one attached hydrogen (secondary N) is 1. The highest BCUT2D eigenvalue weighted by molar-refractivity contribution is 7.15. The van der Waals surface area contributed by atoms with Gasteiger partial charge in [0.25, 0.3) is 0 Å². The second-order valence-electron chi connectivity index (χ2n) is 6.90. The van der Waals surface area contributed by atoms with Gasteiger partial charge in [0.1, 0.15) is 16.5 Å². The number of anilines is 1. The maximum atomic E-state index is 12.5. The number of carbonyl (C=O) groups is 1. The van der Waals surface area contributed by atoms with Crippen molar-refractivity contribution in [3.05, 3.63) is 40.5 Å². The molecule has 156 valence electrons. The van der Waals surface area contributed by atoms with Gasteiger partial charge in [0.15, 0.2) is 4.96 Å². The van der Waals surface area contributed by atoms with Crippen molar-refractivity contribution in [2.45, 2.75) is 26.2 Å². The first-order chi connectivity index (χ1) is 14.5. The molecule has 0 saturated carbocycles. The maximum absolute atomic E-state index is 12.5. The zero-order valence-corrected chi connectivity index (χ0v) is 18.6. The number of ether oxygens (including phenoxy) is 2. The van der Waals surface area contributed by atoms with Crippen molar-refractivity contribution in [1.29, 1.82) is 0 Å². The molecule has 1 amide bonds. The molecule has 8 nitrogen and oxygen atoms in total. The van der Waals surface area contributed by atoms with E-state index in [4.69, 9.17) is 14.5 Å². The Hall–Kier alpha value is -2.98. The number of methoxy groups -OCH3 is 2. The van der Waals surface area contributed by atoms with Gasteiger partial charge in [-0.05, 0) is 18.2 Å². The van der Waals surface area contributed by atoms with Crippen molar-refractivity contribution in [1.82, 2.24) is 19.6 Å². The van der Waals surface area contributed by atoms with Gasteiger partial charge in [-0.1, -0.05) is 25.2 Å². The summed E-state index contributed by atoms with van der Waals surface area (Å²) in [6, 6.07) is 5.58. The molecule has 4 rings (SSSR count). The van der Waals surface area contributed by atoms with Crippen LogP contribution in [0.25, 0.3) is 16.2 Å². The van der Waals surface area contributed by atoms with Crippen molar-refractivity contribution < 1.29 is 14.3 Å². The molecule has 10 heteroatoms. The summed E-state index contributed by atoms with van der Waals surface area (Å²) < 4.78 is 12.7. The lowest BCUT2D eigenvalue weighted by molar-refractivity contribution is -0.115. The summed E-state index contributed by atoms with van der Waals surface area (Å²) in [6.07, 6.45) is 2.12. The number of imidazole rings is 1. The number of nitrogens with zero attached hydrogens (tertiary/aromatic N) is 4. The summed E-state index contributed by atoms with van der Waals surface area (Å²) in [5.74, 6) is 1.57. The molecule has 0 saturated heterocycles. The Balaban J connectivity index is 1.57. The molecule has 3 aromatic heterocycles. The van der Waals surface area contributed by atoms with Crippen LogP contribution in [0.15, 0.2) is 29.8 Å². The fraction of sp³-hybridized carbons (Fsp3) is 0.300. The molecule has 0 aliphatic rings. The van der Waals surface area contributed by atoms with E-state index in [2.05, 4.69) is 15.5 Å². The summed E-state index contributed by atoms with van der Waals surface area (Å²) in [4.78, 5) is 18.0. The minimum atomic E-state index is -0.143. The molecule has 1 N–H and O–H groups in total. The van der Waals surface area contributed by atoms with E-state index >= 15 is 0 Å². The highest BCUT2D eigenvalue weighted by Crippen LogP contribution is 2.34. The Morgan fingerprint density at radius 1 is 1.23 bits per heavy atom. The van der Waals surface area contributed by atoms with Gasteiger partial charge in [0.05, 0.1) is 26.3 Å². The summed E-state index contributed by atoms with van der Waals surface area (Å²) in [5, 5.41) is 14.3. The number of benzene rings is 1. The number of hydrogen-bond acceptors (Lipinski definition) is 8. The molecular formula is C20H21N5O3S2. The third kappa shape index (κ3) is 4.01. The lowest BCUT2D eigenvalue weighted by Gasteiger charge is -2.08. The summed E-state index contributed by atoms with van der Waals surface area (Å²) >= 11 is 2.88. The van der Waals surface area contributed by atoms with Gasteiger partial charge in [-0.25, -0.2) is 4.98 Å². The molecule has 0 radical (unpaired) electrons. The summed E-state index contributed by atoms with van der Waals surface area (Å²) in [7, 11) is 3.24. The van der Waals surface area contributed by atoms with Crippen molar-refractivity contribution in [3.8, 4) is 22.8 Å². The van der Waals surface area contributed by atoms with E-state index in [0.717, 1.165) is 32.7 Å². The molecule has 0 aliphatic carbocycles. The van der Waals surface area contributed by atoms with Crippen LogP contribution in [0.4, 0.5) is 5.13 Å². The highest BCUT2D eigenvalue weighted by atomic mass is 32.1. The third-order valence-corrected chi connectivity index (χ3v) is 6.52. The summed E-state index contributed by atoms with van der Waals surface area (Å²) in [6.45, 7) is 4.09. The average molecular weight is 444 g/mol. The fourth-order valence-electron chi connectivity index (χ4n) is 2.95. The van der Waals surface area contributed by atoms with E-state index in [-0.39, 0.29) is 18.2 Å². The number of hydrogen-bond donors (Lipinski definition) is 1. The zero-order chi connectivity index (χ0) is 21.3. The number of thiazole rings is 1. The van der Waals surface area contributed by atoms with Gasteiger partial charge in [0.2, 0.25) is 11.0 Å². The minimum Gasteiger partial charge on any atom is -0.497 e. The van der Waals surface area contributed by atoms with E-state index in [1.165, 1.54) is 22.7 Å². The van der Waals surface area contributed by atoms with E-state index in [9.17, 15) is 4.79 Å². The van der Waals surface area contributed by atoms with Crippen LogP contribution in [0.2, 0.25) is 0 Å². The quantitative estimate of drug-likeness (QED) is 0.460. The Labute approximate surface area is 181 Å². The largest absolute Gasteiger partial charge is 0.497 e. The second-order valence-corrected chi connectivity index (χ2v) is 8.74. The third-order valence-electron chi connectivity index (χ3n) is 4.49. The Morgan fingerprint density at radius 2 is 2.07 bits per heavy atom. The fourth-order valence-corrected chi connectivity index (χ4v) is 4.58. The molecule has 0 bridgehead atoms. The van der Waals surface area contributed by atoms with Crippen LogP contribution in [0.3, 0.4) is 0 Å². The maximum Gasteiger partial charge on any atom is 0.232 e. The van der Waals surface area contributed by atoms with Gasteiger partial charge in [-0.3, -0.25) is 9.20 Å². The normalized spacial score (nSPS) is 11.2. The molecule has 0 atom stereocenters. The molecule has 30 heavy (non-hydrogen) atoms. The number of rotatable bonds is 7. The number of carbonyl (C=O) groups excluding carboxylic acids is 1. The van der Waals surface area contributed by atoms with Crippen LogP contribution in [-0.2, 0) is 11.2 Å². The Kier molecular flexibility index (Phi) is 5.69. The average Bonchev–Trinajstić information content (AvgIpc) is 3.45. The first-order valence-electron chi connectivity index (χ1n) is 9.29. The van der Waals surface area contributed by atoms with Crippen molar-refractivity contribution in [2.24, 2.45) is 0 Å². The van der Waals surface area contributed by atoms with Gasteiger partial charge < -0.3 is 14.8 Å². The number of amides is 1. The molecular weight excluding hydrogens is 422 g/mol. The molecule has 3 heterocycles. The monoisotopic (exact) mass is 443 g/mol.